The summed E-state index contributed by atoms with van der Waals surface area (Å²) in [6.07, 6.45) is 0. The zero-order valence-corrected chi connectivity index (χ0v) is 12.6. The fourth-order valence-electron chi connectivity index (χ4n) is 1.79. The van der Waals surface area contributed by atoms with Gasteiger partial charge in [-0.3, -0.25) is 0 Å². The largest absolute Gasteiger partial charge is 0.397 e. The average molecular weight is 392 g/mol. The van der Waals surface area contributed by atoms with E-state index in [1.54, 1.807) is 6.92 Å². The molecule has 0 amide bonds. The fourth-order valence-corrected chi connectivity index (χ4v) is 1.79. The van der Waals surface area contributed by atoms with E-state index in [0.717, 1.165) is 0 Å². The Bertz CT molecular complexity index is 714. The van der Waals surface area contributed by atoms with Crippen LogP contribution in [0.4, 0.5) is 43.9 Å². The summed E-state index contributed by atoms with van der Waals surface area (Å²) in [7, 11) is -1.74. The molecule has 2 rings (SSSR count). The zero-order valence-electron chi connectivity index (χ0n) is 12.6. The van der Waals surface area contributed by atoms with Gasteiger partial charge in [0, 0.05) is 6.61 Å². The van der Waals surface area contributed by atoms with Crippen molar-refractivity contribution in [1.82, 2.24) is 0 Å². The molecule has 0 atom stereocenters. The molecule has 0 fully saturated rings. The first-order chi connectivity index (χ1) is 12.0. The molecule has 0 saturated carbocycles. The lowest BCUT2D eigenvalue weighted by Crippen LogP contribution is -2.39. The molecule has 1 nitrogen and oxygen atoms in total. The molecule has 2 aromatic rings. The van der Waals surface area contributed by atoms with E-state index in [9.17, 15) is 43.9 Å². The Morgan fingerprint density at radius 2 is 0.654 bits per heavy atom. The van der Waals surface area contributed by atoms with Gasteiger partial charge in [0.05, 0.1) is 0 Å². The molecule has 142 valence electrons. The SMILES string of the molecule is CCO.Fc1c(F)c(F)c(Bc2c(F)c(F)c(F)c(F)c2F)c(F)c1F. The molecule has 1 N–H and O–H groups in total. The second-order valence-electron chi connectivity index (χ2n) is 4.59. The third-order valence-electron chi connectivity index (χ3n) is 2.95. The van der Waals surface area contributed by atoms with Gasteiger partial charge in [0.25, 0.3) is 0 Å². The predicted molar refractivity (Wildman–Crippen MR) is 71.6 cm³/mol. The molecule has 0 bridgehead atoms. The Morgan fingerprint density at radius 3 is 0.846 bits per heavy atom. The van der Waals surface area contributed by atoms with Crippen molar-refractivity contribution >= 4 is 18.2 Å². The lowest BCUT2D eigenvalue weighted by Gasteiger charge is -2.10. The van der Waals surface area contributed by atoms with Crippen LogP contribution in [0.5, 0.6) is 0 Å². The van der Waals surface area contributed by atoms with Gasteiger partial charge in [0.2, 0.25) is 7.28 Å². The van der Waals surface area contributed by atoms with Crippen molar-refractivity contribution in [3.63, 3.8) is 0 Å². The molecular formula is C14H7BF10O. The van der Waals surface area contributed by atoms with E-state index in [1.165, 1.54) is 0 Å². The van der Waals surface area contributed by atoms with Crippen molar-refractivity contribution in [3.8, 4) is 0 Å². The summed E-state index contributed by atoms with van der Waals surface area (Å²) < 4.78 is 131. The molecule has 12 heteroatoms. The van der Waals surface area contributed by atoms with E-state index < -0.39 is 76.4 Å². The quantitative estimate of drug-likeness (QED) is 0.361. The summed E-state index contributed by atoms with van der Waals surface area (Å²) in [6, 6.07) is 0. The number of aliphatic hydroxyl groups excluding tert-OH is 1. The molecule has 0 unspecified atom stereocenters. The van der Waals surface area contributed by atoms with Gasteiger partial charge in [0.1, 0.15) is 0 Å². The fraction of sp³-hybridized carbons (Fsp3) is 0.143. The lowest BCUT2D eigenvalue weighted by molar-refractivity contribution is 0.318. The van der Waals surface area contributed by atoms with Crippen LogP contribution in [-0.4, -0.2) is 19.0 Å². The Balaban J connectivity index is 0.00000105. The molecular weight excluding hydrogens is 385 g/mol. The monoisotopic (exact) mass is 392 g/mol. The first kappa shape index (κ1) is 21.8. The van der Waals surface area contributed by atoms with Gasteiger partial charge in [-0.25, -0.2) is 43.9 Å². The highest BCUT2D eigenvalue weighted by Crippen LogP contribution is 2.18. The van der Waals surface area contributed by atoms with Crippen molar-refractivity contribution < 1.29 is 49.0 Å². The second kappa shape index (κ2) is 8.43. The van der Waals surface area contributed by atoms with Gasteiger partial charge in [0.15, 0.2) is 58.2 Å². The van der Waals surface area contributed by atoms with Crippen molar-refractivity contribution in [2.24, 2.45) is 0 Å². The highest BCUT2D eigenvalue weighted by Gasteiger charge is 2.31. The van der Waals surface area contributed by atoms with Crippen LogP contribution in [0.1, 0.15) is 6.92 Å². The minimum absolute atomic E-state index is 0.250. The number of rotatable bonds is 2. The Morgan fingerprint density at radius 1 is 0.500 bits per heavy atom. The van der Waals surface area contributed by atoms with Crippen LogP contribution < -0.4 is 10.9 Å². The molecule has 26 heavy (non-hydrogen) atoms. The van der Waals surface area contributed by atoms with Gasteiger partial charge in [-0.15, -0.1) is 0 Å². The van der Waals surface area contributed by atoms with Gasteiger partial charge in [-0.1, -0.05) is 0 Å². The molecule has 2 aromatic carbocycles. The molecule has 0 radical (unpaired) electrons. The maximum absolute atomic E-state index is 13.4. The summed E-state index contributed by atoms with van der Waals surface area (Å²) in [5.74, 6) is -24.5. The standard InChI is InChI=1S/C12HBF10.C2H6O/c14-3-1(4(15)8(19)11(22)7(3)18)13-2-5(16)9(20)12(23)10(21)6(2)17;1-2-3/h13H;3H,2H2,1H3. The van der Waals surface area contributed by atoms with Gasteiger partial charge >= 0.3 is 0 Å². The van der Waals surface area contributed by atoms with E-state index in [-0.39, 0.29) is 6.61 Å². The highest BCUT2D eigenvalue weighted by molar-refractivity contribution is 6.67. The van der Waals surface area contributed by atoms with Crippen LogP contribution in [-0.2, 0) is 0 Å². The molecule has 0 saturated heterocycles. The third kappa shape index (κ3) is 3.79. The van der Waals surface area contributed by atoms with Crippen LogP contribution in [0, 0.1) is 58.2 Å². The second-order valence-corrected chi connectivity index (χ2v) is 4.59. The minimum Gasteiger partial charge on any atom is -0.397 e. The highest BCUT2D eigenvalue weighted by atomic mass is 19.2. The first-order valence-electron chi connectivity index (χ1n) is 6.62. The summed E-state index contributed by atoms with van der Waals surface area (Å²) in [6.45, 7) is 1.93. The van der Waals surface area contributed by atoms with Crippen LogP contribution >= 0.6 is 0 Å². The van der Waals surface area contributed by atoms with Gasteiger partial charge in [-0.2, -0.15) is 0 Å². The molecule has 0 aromatic heterocycles. The van der Waals surface area contributed by atoms with Gasteiger partial charge < -0.3 is 5.11 Å². The maximum atomic E-state index is 13.4. The maximum Gasteiger partial charge on any atom is 0.208 e. The molecule has 0 aliphatic heterocycles. The van der Waals surface area contributed by atoms with E-state index in [4.69, 9.17) is 5.11 Å². The third-order valence-corrected chi connectivity index (χ3v) is 2.95. The van der Waals surface area contributed by atoms with E-state index >= 15 is 0 Å². The average Bonchev–Trinajstić information content (AvgIpc) is 2.61. The number of halogens is 10. The molecule has 0 aliphatic rings. The van der Waals surface area contributed by atoms with Crippen LogP contribution in [0.3, 0.4) is 0 Å². The number of hydrogen-bond donors (Lipinski definition) is 1. The lowest BCUT2D eigenvalue weighted by atomic mass is 9.62. The first-order valence-corrected chi connectivity index (χ1v) is 6.62. The number of benzene rings is 2. The van der Waals surface area contributed by atoms with Gasteiger partial charge in [-0.05, 0) is 17.8 Å². The minimum atomic E-state index is -2.53. The van der Waals surface area contributed by atoms with Crippen molar-refractivity contribution in [1.29, 1.82) is 0 Å². The predicted octanol–water partition coefficient (Wildman–Crippen LogP) is 2.46. The summed E-state index contributed by atoms with van der Waals surface area (Å²) in [5, 5.41) is 7.57. The van der Waals surface area contributed by atoms with E-state index in [1.807, 2.05) is 0 Å². The molecule has 0 aliphatic carbocycles. The Kier molecular flexibility index (Phi) is 7.07. The molecule has 0 heterocycles. The zero-order chi connectivity index (χ0) is 20.3. The van der Waals surface area contributed by atoms with Crippen molar-refractivity contribution in [2.45, 2.75) is 6.92 Å². The van der Waals surface area contributed by atoms with Crippen LogP contribution in [0.15, 0.2) is 0 Å². The van der Waals surface area contributed by atoms with Crippen LogP contribution in [0.25, 0.3) is 0 Å². The van der Waals surface area contributed by atoms with Crippen molar-refractivity contribution in [3.05, 3.63) is 58.2 Å². The van der Waals surface area contributed by atoms with Crippen LogP contribution in [0.2, 0.25) is 0 Å². The van der Waals surface area contributed by atoms with Crippen molar-refractivity contribution in [2.75, 3.05) is 6.61 Å². The molecule has 0 spiro atoms. The normalized spacial score (nSPS) is 10.5. The van der Waals surface area contributed by atoms with E-state index in [2.05, 4.69) is 0 Å². The summed E-state index contributed by atoms with van der Waals surface area (Å²) in [4.78, 5) is 0. The number of aliphatic hydroxyl groups is 1. The Hall–Kier alpha value is -2.24. The summed E-state index contributed by atoms with van der Waals surface area (Å²) in [5.41, 5.74) is -3.46. The van der Waals surface area contributed by atoms with E-state index in [0.29, 0.717) is 0 Å². The topological polar surface area (TPSA) is 20.2 Å². The smallest absolute Gasteiger partial charge is 0.208 e. The summed E-state index contributed by atoms with van der Waals surface area (Å²) >= 11 is 0. The Labute approximate surface area is 140 Å². The number of hydrogen-bond acceptors (Lipinski definition) is 1.